The Balaban J connectivity index is 2.35. The van der Waals surface area contributed by atoms with Crippen LogP contribution < -0.4 is 0 Å². The highest BCUT2D eigenvalue weighted by atomic mass is 32.8. The Bertz CT molecular complexity index is 1070. The second kappa shape index (κ2) is 11.6. The molecule has 1 heterocycles. The zero-order valence-corrected chi connectivity index (χ0v) is 23.4. The Morgan fingerprint density at radius 2 is 1.79 bits per heavy atom. The molecule has 2 aromatic rings. The molecule has 0 aliphatic carbocycles. The van der Waals surface area contributed by atoms with Gasteiger partial charge in [0.25, 0.3) is 0 Å². The fourth-order valence-electron chi connectivity index (χ4n) is 3.26. The van der Waals surface area contributed by atoms with Crippen molar-refractivity contribution in [2.75, 3.05) is 12.5 Å². The molecule has 0 radical (unpaired) electrons. The largest absolute Gasteiger partial charge is 0.478 e. The summed E-state index contributed by atoms with van der Waals surface area (Å²) in [6.45, 7) is 12.8. The maximum Gasteiger partial charge on any atom is 0.328 e. The van der Waals surface area contributed by atoms with Crippen LogP contribution in [0.25, 0.3) is 17.3 Å². The van der Waals surface area contributed by atoms with Crippen molar-refractivity contribution in [3.8, 4) is 11.3 Å². The zero-order valence-electron chi connectivity index (χ0n) is 21.6. The number of benzene rings is 1. The van der Waals surface area contributed by atoms with Crippen molar-refractivity contribution in [2.45, 2.75) is 65.0 Å². The topological polar surface area (TPSA) is 63.1 Å². The highest BCUT2D eigenvalue weighted by Crippen LogP contribution is 2.70. The lowest BCUT2D eigenvalue weighted by Gasteiger charge is -2.45. The van der Waals surface area contributed by atoms with E-state index < -0.39 is 15.6 Å². The van der Waals surface area contributed by atoms with E-state index in [0.29, 0.717) is 20.0 Å². The number of carboxylic acid groups (broad SMARTS) is 1. The average Bonchev–Trinajstić information content (AvgIpc) is 2.70. The van der Waals surface area contributed by atoms with Crippen LogP contribution in [0.15, 0.2) is 41.7 Å². The SMILES string of the molecule is Cc1nc(-c2ccc(F)cc2)c(/C=C/CC/C(=C\C(=O)O)PS(C)(C)C(C)(C)C)c(C(C)C)n1. The zero-order chi connectivity index (χ0) is 25.7. The van der Waals surface area contributed by atoms with E-state index in [-0.39, 0.29) is 16.5 Å². The summed E-state index contributed by atoms with van der Waals surface area (Å²) < 4.78 is 13.7. The van der Waals surface area contributed by atoms with Gasteiger partial charge in [-0.25, -0.2) is 28.8 Å². The maximum atomic E-state index is 13.5. The molecule has 0 saturated carbocycles. The molecule has 186 valence electrons. The number of aliphatic carboxylic acids is 1. The van der Waals surface area contributed by atoms with Crippen LogP contribution in [-0.4, -0.2) is 38.3 Å². The second-order valence-corrected chi connectivity index (χ2v) is 18.5. The van der Waals surface area contributed by atoms with Crippen molar-refractivity contribution in [1.82, 2.24) is 9.97 Å². The lowest BCUT2D eigenvalue weighted by molar-refractivity contribution is -0.131. The third-order valence-electron chi connectivity index (χ3n) is 5.83. The predicted octanol–water partition coefficient (Wildman–Crippen LogP) is 7.93. The first-order chi connectivity index (χ1) is 15.7. The van der Waals surface area contributed by atoms with Gasteiger partial charge in [-0.15, -0.1) is 0 Å². The van der Waals surface area contributed by atoms with E-state index in [1.807, 2.05) is 13.0 Å². The maximum absolute atomic E-state index is 13.5. The number of rotatable bonds is 9. The first-order valence-electron chi connectivity index (χ1n) is 11.5. The number of hydrogen-bond donors (Lipinski definition) is 1. The summed E-state index contributed by atoms with van der Waals surface area (Å²) in [7, 11) is -0.472. The molecule has 34 heavy (non-hydrogen) atoms. The van der Waals surface area contributed by atoms with Crippen molar-refractivity contribution < 1.29 is 14.3 Å². The molecule has 0 aliphatic rings. The molecule has 0 bridgehead atoms. The van der Waals surface area contributed by atoms with E-state index >= 15 is 0 Å². The summed E-state index contributed by atoms with van der Waals surface area (Å²) >= 11 is 0. The van der Waals surface area contributed by atoms with Crippen LogP contribution in [0.4, 0.5) is 4.39 Å². The highest BCUT2D eigenvalue weighted by Gasteiger charge is 2.28. The van der Waals surface area contributed by atoms with E-state index in [1.54, 1.807) is 12.1 Å². The molecule has 7 heteroatoms. The van der Waals surface area contributed by atoms with Crippen molar-refractivity contribution in [3.63, 3.8) is 0 Å². The van der Waals surface area contributed by atoms with Gasteiger partial charge in [-0.1, -0.05) is 54.6 Å². The number of nitrogens with zero attached hydrogens (tertiary/aromatic N) is 2. The minimum absolute atomic E-state index is 0.147. The van der Waals surface area contributed by atoms with Gasteiger partial charge in [0.05, 0.1) is 11.4 Å². The number of aromatic nitrogens is 2. The van der Waals surface area contributed by atoms with Gasteiger partial charge in [0.1, 0.15) is 11.6 Å². The summed E-state index contributed by atoms with van der Waals surface area (Å²) in [6.07, 6.45) is 11.5. The van der Waals surface area contributed by atoms with E-state index in [1.165, 1.54) is 18.2 Å². The number of carbonyl (C=O) groups is 1. The van der Waals surface area contributed by atoms with Crippen LogP contribution in [0.3, 0.4) is 0 Å². The van der Waals surface area contributed by atoms with Crippen LogP contribution in [-0.2, 0) is 4.79 Å². The Hall–Kier alpha value is -2.04. The number of hydrogen-bond acceptors (Lipinski definition) is 3. The molecular weight excluding hydrogens is 466 g/mol. The fraction of sp³-hybridized carbons (Fsp3) is 0.444. The van der Waals surface area contributed by atoms with Gasteiger partial charge in [0, 0.05) is 17.2 Å². The summed E-state index contributed by atoms with van der Waals surface area (Å²) in [5, 5.41) is 10.4. The molecule has 0 saturated heterocycles. The van der Waals surface area contributed by atoms with E-state index in [4.69, 9.17) is 0 Å². The Morgan fingerprint density at radius 3 is 2.32 bits per heavy atom. The number of allylic oxidation sites excluding steroid dienone is 2. The summed E-state index contributed by atoms with van der Waals surface area (Å²) in [4.78, 5) is 20.8. The van der Waals surface area contributed by atoms with E-state index in [9.17, 15) is 14.3 Å². The van der Waals surface area contributed by atoms with Gasteiger partial charge in [-0.3, -0.25) is 0 Å². The fourth-order valence-corrected chi connectivity index (χ4v) is 8.02. The van der Waals surface area contributed by atoms with Gasteiger partial charge in [0.2, 0.25) is 0 Å². The molecule has 0 aliphatic heterocycles. The smallest absolute Gasteiger partial charge is 0.328 e. The van der Waals surface area contributed by atoms with Gasteiger partial charge >= 0.3 is 5.97 Å². The summed E-state index contributed by atoms with van der Waals surface area (Å²) in [5.41, 5.74) is 3.51. The van der Waals surface area contributed by atoms with Gasteiger partial charge in [-0.05, 0) is 72.5 Å². The molecule has 2 rings (SSSR count). The molecule has 4 nitrogen and oxygen atoms in total. The highest BCUT2D eigenvalue weighted by molar-refractivity contribution is 8.73. The second-order valence-electron chi connectivity index (χ2n) is 10.1. The van der Waals surface area contributed by atoms with Gasteiger partial charge in [0.15, 0.2) is 0 Å². The first kappa shape index (κ1) is 28.2. The van der Waals surface area contributed by atoms with Crippen LogP contribution in [0.1, 0.15) is 70.5 Å². The first-order valence-corrected chi connectivity index (χ1v) is 15.6. The standard InChI is InChI=1S/C27H38FN2O2PS/c1-18(2)25-23(26(30-19(3)29-25)20-13-15-21(28)16-14-20)12-10-9-11-22(17-24(31)32)33-34(7,8)27(4,5)6/h10,12-18,33H,9,11H2,1-8H3,(H,31,32)/b12-10+,22-17+. The predicted molar refractivity (Wildman–Crippen MR) is 148 cm³/mol. The van der Waals surface area contributed by atoms with Crippen molar-refractivity contribution in [3.05, 3.63) is 64.6 Å². The molecule has 1 unspecified atom stereocenters. The van der Waals surface area contributed by atoms with Crippen molar-refractivity contribution >= 4 is 29.5 Å². The molecule has 1 atom stereocenters. The number of halogens is 1. The Kier molecular flexibility index (Phi) is 9.62. The van der Waals surface area contributed by atoms with Gasteiger partial charge < -0.3 is 5.11 Å². The molecule has 0 fully saturated rings. The van der Waals surface area contributed by atoms with E-state index in [2.05, 4.69) is 63.2 Å². The third kappa shape index (κ3) is 7.74. The van der Waals surface area contributed by atoms with Crippen LogP contribution in [0.2, 0.25) is 0 Å². The third-order valence-corrected chi connectivity index (χ3v) is 14.2. The van der Waals surface area contributed by atoms with Gasteiger partial charge in [-0.2, -0.15) is 0 Å². The monoisotopic (exact) mass is 504 g/mol. The summed E-state index contributed by atoms with van der Waals surface area (Å²) in [6, 6.07) is 6.37. The van der Waals surface area contributed by atoms with Crippen LogP contribution in [0.5, 0.6) is 0 Å². The van der Waals surface area contributed by atoms with Crippen molar-refractivity contribution in [2.24, 2.45) is 0 Å². The minimum Gasteiger partial charge on any atom is -0.478 e. The Morgan fingerprint density at radius 1 is 1.18 bits per heavy atom. The molecular formula is C27H38FN2O2PS. The molecule has 1 N–H and O–H groups in total. The van der Waals surface area contributed by atoms with Crippen LogP contribution in [0, 0.1) is 12.7 Å². The van der Waals surface area contributed by atoms with Crippen LogP contribution >= 0.6 is 17.4 Å². The number of carboxylic acids is 1. The molecule has 0 amide bonds. The minimum atomic E-state index is -0.979. The lowest BCUT2D eigenvalue weighted by atomic mass is 9.97. The van der Waals surface area contributed by atoms with Crippen molar-refractivity contribution in [1.29, 1.82) is 0 Å². The van der Waals surface area contributed by atoms with E-state index in [0.717, 1.165) is 34.2 Å². The molecule has 0 spiro atoms. The molecule has 1 aromatic heterocycles. The quantitative estimate of drug-likeness (QED) is 0.278. The average molecular weight is 505 g/mol. The normalized spacial score (nSPS) is 14.0. The summed E-state index contributed by atoms with van der Waals surface area (Å²) in [5.74, 6) is -0.293. The lowest BCUT2D eigenvalue weighted by Crippen LogP contribution is -2.19. The number of aryl methyl sites for hydroxylation is 1. The Labute approximate surface area is 207 Å². The molecule has 1 aromatic carbocycles.